The number of halogens is 4. The van der Waals surface area contributed by atoms with Crippen LogP contribution in [0.2, 0.25) is 0 Å². The molecule has 8 heteroatoms. The topological polar surface area (TPSA) is 66.4 Å². The molecule has 2 rings (SSSR count). The van der Waals surface area contributed by atoms with Gasteiger partial charge in [-0.3, -0.25) is 4.79 Å². The zero-order valence-corrected chi connectivity index (χ0v) is 13.6. The summed E-state index contributed by atoms with van der Waals surface area (Å²) in [6.07, 6.45) is -4.22. The predicted octanol–water partition coefficient (Wildman–Crippen LogP) is 3.61. The Labute approximate surface area is 142 Å². The number of carbonyl (C=O) groups is 2. The summed E-state index contributed by atoms with van der Waals surface area (Å²) in [6, 6.07) is 4.57. The van der Waals surface area contributed by atoms with Crippen LogP contribution in [0.5, 0.6) is 0 Å². The maximum atomic E-state index is 13.0. The van der Waals surface area contributed by atoms with E-state index in [0.29, 0.717) is 0 Å². The smallest absolute Gasteiger partial charge is 0.391 e. The van der Waals surface area contributed by atoms with E-state index in [1.165, 1.54) is 19.1 Å². The minimum Gasteiger partial charge on any atom is -0.479 e. The first kappa shape index (κ1) is 19.2. The number of alkyl halides is 3. The Kier molecular flexibility index (Phi) is 5.39. The van der Waals surface area contributed by atoms with E-state index in [1.807, 2.05) is 0 Å². The predicted molar refractivity (Wildman–Crippen MR) is 81.0 cm³/mol. The molecule has 0 heterocycles. The van der Waals surface area contributed by atoms with Gasteiger partial charge in [-0.1, -0.05) is 18.6 Å². The Morgan fingerprint density at radius 1 is 1.16 bits per heavy atom. The number of carboxylic acid groups (broad SMARTS) is 1. The van der Waals surface area contributed by atoms with Crippen molar-refractivity contribution in [3.63, 3.8) is 0 Å². The number of hydrogen-bond acceptors (Lipinski definition) is 2. The lowest BCUT2D eigenvalue weighted by Gasteiger charge is -2.33. The maximum absolute atomic E-state index is 13.0. The van der Waals surface area contributed by atoms with E-state index in [-0.39, 0.29) is 31.2 Å². The van der Waals surface area contributed by atoms with E-state index in [4.69, 9.17) is 0 Å². The molecule has 0 bridgehead atoms. The van der Waals surface area contributed by atoms with Gasteiger partial charge < -0.3 is 10.4 Å². The van der Waals surface area contributed by atoms with Crippen molar-refractivity contribution in [2.24, 2.45) is 11.8 Å². The van der Waals surface area contributed by atoms with Gasteiger partial charge in [0.15, 0.2) is 5.54 Å². The molecule has 0 aliphatic heterocycles. The molecule has 1 aromatic carbocycles. The Bertz CT molecular complexity index is 644. The molecule has 1 amide bonds. The van der Waals surface area contributed by atoms with Gasteiger partial charge in [-0.15, -0.1) is 0 Å². The lowest BCUT2D eigenvalue weighted by Crippen LogP contribution is -2.52. The molecule has 1 saturated carbocycles. The molecule has 25 heavy (non-hydrogen) atoms. The Hall–Kier alpha value is -2.12. The number of benzene rings is 1. The molecule has 0 spiro atoms. The standard InChI is InChI=1S/C17H19F4NO3/c1-16(15(24)25,11-5-7-13(18)8-6-11)22-14(23)10-3-2-4-12(9-10)17(19,20)21/h5-8,10,12H,2-4,9H2,1H3,(H,22,23)(H,24,25). The van der Waals surface area contributed by atoms with Crippen molar-refractivity contribution < 1.29 is 32.3 Å². The van der Waals surface area contributed by atoms with Gasteiger partial charge in [0, 0.05) is 5.92 Å². The van der Waals surface area contributed by atoms with Crippen molar-refractivity contribution in [2.45, 2.75) is 44.3 Å². The van der Waals surface area contributed by atoms with Crippen LogP contribution in [0.4, 0.5) is 17.6 Å². The van der Waals surface area contributed by atoms with Crippen molar-refractivity contribution >= 4 is 11.9 Å². The van der Waals surface area contributed by atoms with Crippen LogP contribution in [-0.4, -0.2) is 23.2 Å². The molecule has 3 atom stereocenters. The number of amides is 1. The van der Waals surface area contributed by atoms with E-state index >= 15 is 0 Å². The fraction of sp³-hybridized carbons (Fsp3) is 0.529. The maximum Gasteiger partial charge on any atom is 0.391 e. The number of nitrogens with one attached hydrogen (secondary N) is 1. The highest BCUT2D eigenvalue weighted by atomic mass is 19.4. The zero-order chi connectivity index (χ0) is 18.8. The minimum absolute atomic E-state index is 0.0263. The third-order valence-corrected chi connectivity index (χ3v) is 4.73. The summed E-state index contributed by atoms with van der Waals surface area (Å²) in [5, 5.41) is 11.8. The molecule has 0 aromatic heterocycles. The van der Waals surface area contributed by atoms with E-state index in [0.717, 1.165) is 12.1 Å². The average molecular weight is 361 g/mol. The zero-order valence-electron chi connectivity index (χ0n) is 13.6. The highest BCUT2D eigenvalue weighted by Crippen LogP contribution is 2.40. The van der Waals surface area contributed by atoms with Crippen LogP contribution in [0.15, 0.2) is 24.3 Å². The average Bonchev–Trinajstić information content (AvgIpc) is 2.54. The number of carboxylic acids is 1. The molecule has 138 valence electrons. The number of hydrogen-bond donors (Lipinski definition) is 2. The molecular weight excluding hydrogens is 342 g/mol. The van der Waals surface area contributed by atoms with E-state index in [9.17, 15) is 32.3 Å². The highest BCUT2D eigenvalue weighted by molar-refractivity contribution is 5.88. The van der Waals surface area contributed by atoms with Gasteiger partial charge in [0.25, 0.3) is 0 Å². The molecule has 0 radical (unpaired) electrons. The van der Waals surface area contributed by atoms with Gasteiger partial charge in [0.1, 0.15) is 5.82 Å². The van der Waals surface area contributed by atoms with E-state index in [1.54, 1.807) is 0 Å². The molecular formula is C17H19F4NO3. The fourth-order valence-corrected chi connectivity index (χ4v) is 3.11. The summed E-state index contributed by atoms with van der Waals surface area (Å²) >= 11 is 0. The Morgan fingerprint density at radius 2 is 1.76 bits per heavy atom. The summed E-state index contributed by atoms with van der Waals surface area (Å²) in [5.41, 5.74) is -1.71. The number of aliphatic carboxylic acids is 1. The fourth-order valence-electron chi connectivity index (χ4n) is 3.11. The van der Waals surface area contributed by atoms with Crippen LogP contribution >= 0.6 is 0 Å². The summed E-state index contributed by atoms with van der Waals surface area (Å²) in [4.78, 5) is 24.1. The van der Waals surface area contributed by atoms with Crippen LogP contribution in [0.3, 0.4) is 0 Å². The SMILES string of the molecule is CC(NC(=O)C1CCCC(C(F)(F)F)C1)(C(=O)O)c1ccc(F)cc1. The van der Waals surface area contributed by atoms with Crippen LogP contribution in [-0.2, 0) is 15.1 Å². The third kappa shape index (κ3) is 4.29. The first-order valence-electron chi connectivity index (χ1n) is 7.92. The molecule has 3 unspecified atom stereocenters. The lowest BCUT2D eigenvalue weighted by atomic mass is 9.80. The monoisotopic (exact) mass is 361 g/mol. The second-order valence-corrected chi connectivity index (χ2v) is 6.53. The van der Waals surface area contributed by atoms with Crippen molar-refractivity contribution in [1.29, 1.82) is 0 Å². The van der Waals surface area contributed by atoms with Gasteiger partial charge in [-0.2, -0.15) is 13.2 Å². The van der Waals surface area contributed by atoms with Crippen LogP contribution in [0.25, 0.3) is 0 Å². The molecule has 1 aromatic rings. The molecule has 1 aliphatic carbocycles. The van der Waals surface area contributed by atoms with Crippen molar-refractivity contribution in [2.75, 3.05) is 0 Å². The third-order valence-electron chi connectivity index (χ3n) is 4.73. The molecule has 2 N–H and O–H groups in total. The number of carbonyl (C=O) groups excluding carboxylic acids is 1. The Morgan fingerprint density at radius 3 is 2.28 bits per heavy atom. The van der Waals surface area contributed by atoms with Crippen molar-refractivity contribution in [1.82, 2.24) is 5.32 Å². The van der Waals surface area contributed by atoms with Crippen molar-refractivity contribution in [3.05, 3.63) is 35.6 Å². The number of rotatable bonds is 4. The van der Waals surface area contributed by atoms with Crippen LogP contribution in [0, 0.1) is 17.7 Å². The Balaban J connectivity index is 2.18. The molecule has 4 nitrogen and oxygen atoms in total. The lowest BCUT2D eigenvalue weighted by molar-refractivity contribution is -0.186. The molecule has 0 saturated heterocycles. The van der Waals surface area contributed by atoms with Gasteiger partial charge in [-0.25, -0.2) is 9.18 Å². The summed E-state index contributed by atoms with van der Waals surface area (Å²) < 4.78 is 51.7. The normalized spacial score (nSPS) is 23.6. The first-order chi connectivity index (χ1) is 11.5. The largest absolute Gasteiger partial charge is 0.479 e. The van der Waals surface area contributed by atoms with Crippen molar-refractivity contribution in [3.8, 4) is 0 Å². The van der Waals surface area contributed by atoms with Crippen LogP contribution < -0.4 is 5.32 Å². The van der Waals surface area contributed by atoms with E-state index in [2.05, 4.69) is 5.32 Å². The van der Waals surface area contributed by atoms with Gasteiger partial charge in [0.05, 0.1) is 5.92 Å². The van der Waals surface area contributed by atoms with Gasteiger partial charge in [-0.05, 0) is 43.9 Å². The van der Waals surface area contributed by atoms with E-state index < -0.39 is 41.2 Å². The molecule has 1 aliphatic rings. The second kappa shape index (κ2) is 7.01. The first-order valence-corrected chi connectivity index (χ1v) is 7.92. The summed E-state index contributed by atoms with van der Waals surface area (Å²) in [7, 11) is 0. The quantitative estimate of drug-likeness (QED) is 0.805. The van der Waals surface area contributed by atoms with Crippen LogP contribution in [0.1, 0.15) is 38.2 Å². The minimum atomic E-state index is -4.37. The second-order valence-electron chi connectivity index (χ2n) is 6.53. The summed E-state index contributed by atoms with van der Waals surface area (Å²) in [6.45, 7) is 1.23. The summed E-state index contributed by atoms with van der Waals surface area (Å²) in [5.74, 6) is -5.14. The molecule has 1 fully saturated rings. The van der Waals surface area contributed by atoms with Gasteiger partial charge >= 0.3 is 12.1 Å². The van der Waals surface area contributed by atoms with Gasteiger partial charge in [0.2, 0.25) is 5.91 Å². The highest BCUT2D eigenvalue weighted by Gasteiger charge is 2.45.